The van der Waals surface area contributed by atoms with Gasteiger partial charge in [-0.1, -0.05) is 0 Å². The number of carboxylic acid groups (broad SMARTS) is 1. The monoisotopic (exact) mass is 299 g/mol. The Labute approximate surface area is 117 Å². The Morgan fingerprint density at radius 3 is 2.70 bits per heavy atom. The highest BCUT2D eigenvalue weighted by atomic mass is 32.2. The fraction of sp³-hybridized carbons (Fsp3) is 0.455. The van der Waals surface area contributed by atoms with Gasteiger partial charge in [-0.15, -0.1) is 0 Å². The van der Waals surface area contributed by atoms with E-state index in [9.17, 15) is 19.1 Å². The summed E-state index contributed by atoms with van der Waals surface area (Å²) < 4.78 is 12.4. The SMILES string of the molecule is O=C(O)N1CCC(S(=O)c2ncccc2[N+](=O)[O-])CC1. The highest BCUT2D eigenvalue weighted by Crippen LogP contribution is 2.25. The molecular weight excluding hydrogens is 286 g/mol. The van der Waals surface area contributed by atoms with Gasteiger partial charge in [0.15, 0.2) is 0 Å². The largest absolute Gasteiger partial charge is 0.465 e. The molecule has 0 spiro atoms. The van der Waals surface area contributed by atoms with E-state index >= 15 is 0 Å². The summed E-state index contributed by atoms with van der Waals surface area (Å²) in [6.45, 7) is 0.568. The van der Waals surface area contributed by atoms with E-state index in [0.717, 1.165) is 0 Å². The quantitative estimate of drug-likeness (QED) is 0.663. The average molecular weight is 299 g/mol. The number of piperidine rings is 1. The number of pyridine rings is 1. The van der Waals surface area contributed by atoms with Crippen LogP contribution < -0.4 is 0 Å². The number of aromatic nitrogens is 1. The molecule has 0 aliphatic carbocycles. The fourth-order valence-electron chi connectivity index (χ4n) is 2.10. The fourth-order valence-corrected chi connectivity index (χ4v) is 3.56. The summed E-state index contributed by atoms with van der Waals surface area (Å²) in [6.07, 6.45) is 1.18. The highest BCUT2D eigenvalue weighted by molar-refractivity contribution is 7.85. The van der Waals surface area contributed by atoms with Gasteiger partial charge < -0.3 is 10.0 Å². The van der Waals surface area contributed by atoms with E-state index in [1.807, 2.05) is 0 Å². The number of hydrogen-bond donors (Lipinski definition) is 1. The van der Waals surface area contributed by atoms with Crippen LogP contribution in [-0.2, 0) is 10.8 Å². The maximum absolute atomic E-state index is 12.4. The van der Waals surface area contributed by atoms with Crippen LogP contribution in [0.5, 0.6) is 0 Å². The van der Waals surface area contributed by atoms with Crippen molar-refractivity contribution in [3.63, 3.8) is 0 Å². The minimum atomic E-state index is -1.60. The Morgan fingerprint density at radius 2 is 2.15 bits per heavy atom. The van der Waals surface area contributed by atoms with E-state index in [0.29, 0.717) is 12.8 Å². The Kier molecular flexibility index (Phi) is 4.28. The molecule has 9 heteroatoms. The van der Waals surface area contributed by atoms with E-state index in [1.54, 1.807) is 0 Å². The molecule has 1 fully saturated rings. The van der Waals surface area contributed by atoms with Crippen molar-refractivity contribution in [1.82, 2.24) is 9.88 Å². The van der Waals surface area contributed by atoms with Gasteiger partial charge in [-0.25, -0.2) is 9.78 Å². The first kappa shape index (κ1) is 14.4. The van der Waals surface area contributed by atoms with Gasteiger partial charge in [-0.3, -0.25) is 14.3 Å². The van der Waals surface area contributed by atoms with Crippen LogP contribution >= 0.6 is 0 Å². The second-order valence-corrected chi connectivity index (χ2v) is 6.00. The summed E-state index contributed by atoms with van der Waals surface area (Å²) >= 11 is 0. The van der Waals surface area contributed by atoms with Gasteiger partial charge in [0.25, 0.3) is 0 Å². The lowest BCUT2D eigenvalue weighted by molar-refractivity contribution is -0.388. The number of carbonyl (C=O) groups is 1. The lowest BCUT2D eigenvalue weighted by Crippen LogP contribution is -2.40. The van der Waals surface area contributed by atoms with Crippen molar-refractivity contribution in [2.45, 2.75) is 23.1 Å². The first-order valence-corrected chi connectivity index (χ1v) is 7.20. The minimum absolute atomic E-state index is 0.0359. The van der Waals surface area contributed by atoms with E-state index < -0.39 is 21.8 Å². The molecule has 0 saturated carbocycles. The van der Waals surface area contributed by atoms with Crippen LogP contribution in [0.25, 0.3) is 0 Å². The third-order valence-corrected chi connectivity index (χ3v) is 4.93. The molecule has 0 bridgehead atoms. The van der Waals surface area contributed by atoms with E-state index in [1.165, 1.54) is 23.2 Å². The molecular formula is C11H13N3O5S. The van der Waals surface area contributed by atoms with Crippen molar-refractivity contribution in [3.05, 3.63) is 28.4 Å². The molecule has 1 aromatic heterocycles. The summed E-state index contributed by atoms with van der Waals surface area (Å²) in [5.41, 5.74) is -0.258. The smallest absolute Gasteiger partial charge is 0.407 e. The van der Waals surface area contributed by atoms with Crippen molar-refractivity contribution < 1.29 is 19.0 Å². The van der Waals surface area contributed by atoms with Crippen molar-refractivity contribution >= 4 is 22.6 Å². The molecule has 1 aromatic rings. The van der Waals surface area contributed by atoms with Crippen molar-refractivity contribution in [2.24, 2.45) is 0 Å². The predicted molar refractivity (Wildman–Crippen MR) is 69.9 cm³/mol. The highest BCUT2D eigenvalue weighted by Gasteiger charge is 2.31. The Bertz CT molecular complexity index is 557. The topological polar surface area (TPSA) is 114 Å². The maximum atomic E-state index is 12.4. The normalized spacial score (nSPS) is 17.7. The van der Waals surface area contributed by atoms with Gasteiger partial charge in [0.05, 0.1) is 15.7 Å². The van der Waals surface area contributed by atoms with E-state index in [-0.39, 0.29) is 29.1 Å². The lowest BCUT2D eigenvalue weighted by atomic mass is 10.1. The maximum Gasteiger partial charge on any atom is 0.407 e. The number of hydrogen-bond acceptors (Lipinski definition) is 5. The molecule has 2 rings (SSSR count). The summed E-state index contributed by atoms with van der Waals surface area (Å²) in [5, 5.41) is 19.4. The average Bonchev–Trinajstić information content (AvgIpc) is 2.46. The molecule has 0 aromatic carbocycles. The molecule has 1 amide bonds. The van der Waals surface area contributed by atoms with Crippen LogP contribution in [0.3, 0.4) is 0 Å². The third kappa shape index (κ3) is 2.93. The molecule has 1 saturated heterocycles. The van der Waals surface area contributed by atoms with Gasteiger partial charge in [0.2, 0.25) is 5.03 Å². The van der Waals surface area contributed by atoms with Gasteiger partial charge in [-0.05, 0) is 18.9 Å². The van der Waals surface area contributed by atoms with Crippen LogP contribution in [0, 0.1) is 10.1 Å². The number of likely N-dealkylation sites (tertiary alicyclic amines) is 1. The second kappa shape index (κ2) is 5.95. The van der Waals surface area contributed by atoms with Gasteiger partial charge >= 0.3 is 11.8 Å². The first-order valence-electron chi connectivity index (χ1n) is 5.98. The van der Waals surface area contributed by atoms with Crippen molar-refractivity contribution in [1.29, 1.82) is 0 Å². The van der Waals surface area contributed by atoms with Gasteiger partial charge in [-0.2, -0.15) is 0 Å². The van der Waals surface area contributed by atoms with Crippen LogP contribution in [0.4, 0.5) is 10.5 Å². The van der Waals surface area contributed by atoms with Crippen molar-refractivity contribution in [3.8, 4) is 0 Å². The summed E-state index contributed by atoms with van der Waals surface area (Å²) in [5.74, 6) is 0. The number of nitro groups is 1. The van der Waals surface area contributed by atoms with Crippen LogP contribution in [0.1, 0.15) is 12.8 Å². The zero-order chi connectivity index (χ0) is 14.7. The molecule has 1 aliphatic heterocycles. The molecule has 8 nitrogen and oxygen atoms in total. The Hall–Kier alpha value is -2.03. The summed E-state index contributed by atoms with van der Waals surface area (Å²) in [7, 11) is -1.60. The molecule has 1 unspecified atom stereocenters. The van der Waals surface area contributed by atoms with Gasteiger partial charge in [0.1, 0.15) is 0 Å². The molecule has 1 N–H and O–H groups in total. The second-order valence-electron chi connectivity index (χ2n) is 4.35. The Balaban J connectivity index is 2.13. The zero-order valence-electron chi connectivity index (χ0n) is 10.5. The number of nitrogens with zero attached hydrogens (tertiary/aromatic N) is 3. The zero-order valence-corrected chi connectivity index (χ0v) is 11.3. The van der Waals surface area contributed by atoms with Crippen LogP contribution in [-0.4, -0.2) is 48.6 Å². The van der Waals surface area contributed by atoms with Crippen LogP contribution in [0.15, 0.2) is 23.4 Å². The summed E-state index contributed by atoms with van der Waals surface area (Å²) in [4.78, 5) is 26.2. The molecule has 2 heterocycles. The first-order chi connectivity index (χ1) is 9.50. The predicted octanol–water partition coefficient (Wildman–Crippen LogP) is 1.24. The van der Waals surface area contributed by atoms with Crippen LogP contribution in [0.2, 0.25) is 0 Å². The lowest BCUT2D eigenvalue weighted by Gasteiger charge is -2.28. The Morgan fingerprint density at radius 1 is 1.50 bits per heavy atom. The third-order valence-electron chi connectivity index (χ3n) is 3.15. The molecule has 1 atom stereocenters. The molecule has 108 valence electrons. The molecule has 20 heavy (non-hydrogen) atoms. The van der Waals surface area contributed by atoms with E-state index in [2.05, 4.69) is 4.98 Å². The molecule has 0 radical (unpaired) electrons. The standard InChI is InChI=1S/C11H13N3O5S/c15-11(16)13-6-3-8(4-7-13)20(19)10-9(14(17)18)2-1-5-12-10/h1-2,5,8H,3-4,6-7H2,(H,15,16). The molecule has 1 aliphatic rings. The van der Waals surface area contributed by atoms with Crippen molar-refractivity contribution in [2.75, 3.05) is 13.1 Å². The summed E-state index contributed by atoms with van der Waals surface area (Å²) in [6, 6.07) is 2.69. The van der Waals surface area contributed by atoms with Gasteiger partial charge in [0, 0.05) is 30.6 Å². The minimum Gasteiger partial charge on any atom is -0.465 e. The number of rotatable bonds is 3. The number of amides is 1. The van der Waals surface area contributed by atoms with E-state index in [4.69, 9.17) is 5.11 Å².